The van der Waals surface area contributed by atoms with Gasteiger partial charge in [-0.2, -0.15) is 4.31 Å². The first-order valence-electron chi connectivity index (χ1n) is 6.12. The number of nitrogens with two attached hydrogens (primary N) is 1. The summed E-state index contributed by atoms with van der Waals surface area (Å²) in [6, 6.07) is 4.16. The number of ether oxygens (including phenoxy) is 1. The third-order valence-electron chi connectivity index (χ3n) is 2.98. The average molecular weight is 319 g/mol. The Morgan fingerprint density at radius 2 is 2.00 bits per heavy atom. The highest BCUT2D eigenvalue weighted by atomic mass is 35.5. The van der Waals surface area contributed by atoms with Gasteiger partial charge in [0.25, 0.3) is 5.91 Å². The van der Waals surface area contributed by atoms with E-state index >= 15 is 0 Å². The van der Waals surface area contributed by atoms with Gasteiger partial charge in [0, 0.05) is 13.1 Å². The lowest BCUT2D eigenvalue weighted by atomic mass is 10.3. The van der Waals surface area contributed by atoms with Crippen molar-refractivity contribution in [3.63, 3.8) is 0 Å². The molecule has 2 rings (SSSR count). The molecular formula is C12H15ClN2O4S. The predicted molar refractivity (Wildman–Crippen MR) is 74.1 cm³/mol. The molecule has 0 aromatic heterocycles. The zero-order chi connectivity index (χ0) is 14.8. The number of nitrogens with zero attached hydrogens (tertiary/aromatic N) is 1. The van der Waals surface area contributed by atoms with Crippen LogP contribution in [0.2, 0.25) is 5.02 Å². The van der Waals surface area contributed by atoms with Gasteiger partial charge >= 0.3 is 0 Å². The summed E-state index contributed by atoms with van der Waals surface area (Å²) in [4.78, 5) is 10.8. The molecule has 1 heterocycles. The zero-order valence-corrected chi connectivity index (χ0v) is 12.3. The molecule has 1 fully saturated rings. The van der Waals surface area contributed by atoms with Crippen LogP contribution < -0.4 is 10.5 Å². The van der Waals surface area contributed by atoms with Crippen molar-refractivity contribution in [3.05, 3.63) is 23.2 Å². The fourth-order valence-electron chi connectivity index (χ4n) is 1.99. The lowest BCUT2D eigenvalue weighted by Gasteiger charge is -2.16. The molecule has 0 unspecified atom stereocenters. The van der Waals surface area contributed by atoms with Crippen LogP contribution in [-0.2, 0) is 14.8 Å². The number of rotatable bonds is 5. The summed E-state index contributed by atoms with van der Waals surface area (Å²) < 4.78 is 31.1. The van der Waals surface area contributed by atoms with Crippen LogP contribution in [0, 0.1) is 0 Å². The van der Waals surface area contributed by atoms with Crippen molar-refractivity contribution in [2.75, 3.05) is 19.7 Å². The standard InChI is InChI=1S/C12H15ClN2O4S/c13-10-7-9(3-4-11(10)19-8-12(14)16)20(17,18)15-5-1-2-6-15/h3-4,7H,1-2,5-6,8H2,(H2,14,16). The Morgan fingerprint density at radius 3 is 2.55 bits per heavy atom. The molecule has 0 saturated carbocycles. The van der Waals surface area contributed by atoms with Crippen LogP contribution in [0.15, 0.2) is 23.1 Å². The van der Waals surface area contributed by atoms with Crippen molar-refractivity contribution in [1.82, 2.24) is 4.31 Å². The average Bonchev–Trinajstić information content (AvgIpc) is 2.91. The van der Waals surface area contributed by atoms with Gasteiger partial charge in [-0.05, 0) is 31.0 Å². The molecule has 110 valence electrons. The van der Waals surface area contributed by atoms with Crippen LogP contribution in [0.3, 0.4) is 0 Å². The van der Waals surface area contributed by atoms with Crippen molar-refractivity contribution >= 4 is 27.5 Å². The van der Waals surface area contributed by atoms with E-state index in [0.717, 1.165) is 12.8 Å². The quantitative estimate of drug-likeness (QED) is 0.876. The predicted octanol–water partition coefficient (Wildman–Crippen LogP) is 0.989. The third-order valence-corrected chi connectivity index (χ3v) is 5.17. The Hall–Kier alpha value is -1.31. The number of primary amides is 1. The minimum atomic E-state index is -3.51. The molecule has 1 aliphatic heterocycles. The number of benzene rings is 1. The maximum atomic E-state index is 12.3. The smallest absolute Gasteiger partial charge is 0.255 e. The van der Waals surface area contributed by atoms with Gasteiger partial charge in [0.1, 0.15) is 5.75 Å². The van der Waals surface area contributed by atoms with Crippen LogP contribution in [0.1, 0.15) is 12.8 Å². The first kappa shape index (κ1) is 15.1. The zero-order valence-electron chi connectivity index (χ0n) is 10.7. The minimum Gasteiger partial charge on any atom is -0.482 e. The maximum absolute atomic E-state index is 12.3. The second kappa shape index (κ2) is 5.99. The number of halogens is 1. The van der Waals surface area contributed by atoms with E-state index in [9.17, 15) is 13.2 Å². The van der Waals surface area contributed by atoms with Crippen molar-refractivity contribution < 1.29 is 17.9 Å². The molecule has 8 heteroatoms. The highest BCUT2D eigenvalue weighted by Crippen LogP contribution is 2.29. The van der Waals surface area contributed by atoms with Crippen molar-refractivity contribution in [3.8, 4) is 5.75 Å². The van der Waals surface area contributed by atoms with Gasteiger partial charge in [0.05, 0.1) is 9.92 Å². The van der Waals surface area contributed by atoms with E-state index in [4.69, 9.17) is 22.1 Å². The molecule has 1 saturated heterocycles. The van der Waals surface area contributed by atoms with Crippen LogP contribution in [0.4, 0.5) is 0 Å². The second-order valence-electron chi connectivity index (χ2n) is 4.46. The highest BCUT2D eigenvalue weighted by molar-refractivity contribution is 7.89. The minimum absolute atomic E-state index is 0.121. The fourth-order valence-corrected chi connectivity index (χ4v) is 3.83. The van der Waals surface area contributed by atoms with Crippen LogP contribution in [0.25, 0.3) is 0 Å². The van der Waals surface area contributed by atoms with Gasteiger partial charge in [-0.15, -0.1) is 0 Å². The molecular weight excluding hydrogens is 304 g/mol. The summed E-state index contributed by atoms with van der Waals surface area (Å²) in [5, 5.41) is 0.131. The molecule has 2 N–H and O–H groups in total. The Morgan fingerprint density at radius 1 is 1.35 bits per heavy atom. The Balaban J connectivity index is 2.22. The van der Waals surface area contributed by atoms with Crippen LogP contribution in [0.5, 0.6) is 5.75 Å². The van der Waals surface area contributed by atoms with Crippen LogP contribution in [-0.4, -0.2) is 38.3 Å². The normalized spacial score (nSPS) is 16.2. The number of carbonyl (C=O) groups is 1. The molecule has 1 aromatic rings. The van der Waals surface area contributed by atoms with Crippen molar-refractivity contribution in [1.29, 1.82) is 0 Å². The Bertz CT molecular complexity index is 612. The first-order valence-corrected chi connectivity index (χ1v) is 7.94. The lowest BCUT2D eigenvalue weighted by molar-refractivity contribution is -0.119. The summed E-state index contributed by atoms with van der Waals surface area (Å²) in [5.41, 5.74) is 4.96. The summed E-state index contributed by atoms with van der Waals surface area (Å²) in [7, 11) is -3.51. The Labute approximate surface area is 122 Å². The highest BCUT2D eigenvalue weighted by Gasteiger charge is 2.27. The van der Waals surface area contributed by atoms with E-state index in [1.54, 1.807) is 0 Å². The van der Waals surface area contributed by atoms with Crippen molar-refractivity contribution in [2.45, 2.75) is 17.7 Å². The molecule has 0 aliphatic carbocycles. The Kier molecular flexibility index (Phi) is 4.52. The number of hydrogen-bond donors (Lipinski definition) is 1. The first-order chi connectivity index (χ1) is 9.41. The molecule has 6 nitrogen and oxygen atoms in total. The number of hydrogen-bond acceptors (Lipinski definition) is 4. The SMILES string of the molecule is NC(=O)COc1ccc(S(=O)(=O)N2CCCC2)cc1Cl. The van der Waals surface area contributed by atoms with Gasteiger partial charge in [-0.3, -0.25) is 4.79 Å². The van der Waals surface area contributed by atoms with Gasteiger partial charge in [0.2, 0.25) is 10.0 Å². The molecule has 1 aliphatic rings. The largest absolute Gasteiger partial charge is 0.482 e. The summed E-state index contributed by atoms with van der Waals surface area (Å²) in [5.74, 6) is -0.402. The molecule has 0 atom stereocenters. The molecule has 1 aromatic carbocycles. The number of carbonyl (C=O) groups excluding carboxylic acids is 1. The molecule has 1 amide bonds. The van der Waals surface area contributed by atoms with E-state index < -0.39 is 15.9 Å². The van der Waals surface area contributed by atoms with Crippen LogP contribution >= 0.6 is 11.6 Å². The van der Waals surface area contributed by atoms with E-state index in [1.807, 2.05) is 0 Å². The summed E-state index contributed by atoms with van der Waals surface area (Å²) in [6.45, 7) is 0.748. The number of amides is 1. The van der Waals surface area contributed by atoms with Gasteiger partial charge in [-0.25, -0.2) is 8.42 Å². The topological polar surface area (TPSA) is 89.7 Å². The third kappa shape index (κ3) is 3.23. The van der Waals surface area contributed by atoms with Gasteiger partial charge in [-0.1, -0.05) is 11.6 Å². The lowest BCUT2D eigenvalue weighted by Crippen LogP contribution is -2.27. The molecule has 0 bridgehead atoms. The van der Waals surface area contributed by atoms with E-state index in [0.29, 0.717) is 13.1 Å². The van der Waals surface area contributed by atoms with E-state index in [1.165, 1.54) is 22.5 Å². The van der Waals surface area contributed by atoms with Crippen molar-refractivity contribution in [2.24, 2.45) is 5.73 Å². The molecule has 20 heavy (non-hydrogen) atoms. The second-order valence-corrected chi connectivity index (χ2v) is 6.80. The summed E-state index contributed by atoms with van der Waals surface area (Å²) in [6.07, 6.45) is 1.74. The monoisotopic (exact) mass is 318 g/mol. The van der Waals surface area contributed by atoms with Gasteiger partial charge in [0.15, 0.2) is 6.61 Å². The van der Waals surface area contributed by atoms with Gasteiger partial charge < -0.3 is 10.5 Å². The maximum Gasteiger partial charge on any atom is 0.255 e. The fraction of sp³-hybridized carbons (Fsp3) is 0.417. The molecule has 0 spiro atoms. The molecule has 0 radical (unpaired) electrons. The summed E-state index contributed by atoms with van der Waals surface area (Å²) >= 11 is 5.97. The van der Waals surface area contributed by atoms with E-state index in [-0.39, 0.29) is 22.3 Å². The van der Waals surface area contributed by atoms with E-state index in [2.05, 4.69) is 0 Å². The number of sulfonamides is 1.